The van der Waals surface area contributed by atoms with Gasteiger partial charge in [-0.3, -0.25) is 4.79 Å². The van der Waals surface area contributed by atoms with Gasteiger partial charge in [-0.2, -0.15) is 0 Å². The summed E-state index contributed by atoms with van der Waals surface area (Å²) in [5.74, 6) is 0.288. The molecule has 1 saturated carbocycles. The van der Waals surface area contributed by atoms with Crippen LogP contribution in [0.5, 0.6) is 0 Å². The van der Waals surface area contributed by atoms with Gasteiger partial charge in [-0.05, 0) is 45.1 Å². The lowest BCUT2D eigenvalue weighted by Crippen LogP contribution is -2.51. The number of amides is 1. The zero-order chi connectivity index (χ0) is 14.1. The molecule has 1 heterocycles. The summed E-state index contributed by atoms with van der Waals surface area (Å²) in [6, 6.07) is 9.35. The Bertz CT molecular complexity index is 478. The van der Waals surface area contributed by atoms with Crippen molar-refractivity contribution < 1.29 is 4.79 Å². The number of hydrogen-bond acceptors (Lipinski definition) is 2. The zero-order valence-corrected chi connectivity index (χ0v) is 12.4. The molecule has 20 heavy (non-hydrogen) atoms. The van der Waals surface area contributed by atoms with E-state index in [0.29, 0.717) is 6.04 Å². The highest BCUT2D eigenvalue weighted by molar-refractivity contribution is 5.83. The van der Waals surface area contributed by atoms with Crippen LogP contribution in [-0.4, -0.2) is 29.4 Å². The lowest BCUT2D eigenvalue weighted by Gasteiger charge is -2.37. The number of hydrogen-bond donors (Lipinski definition) is 1. The molecule has 2 unspecified atom stereocenters. The maximum atomic E-state index is 12.6. The summed E-state index contributed by atoms with van der Waals surface area (Å²) in [6.45, 7) is 5.12. The highest BCUT2D eigenvalue weighted by Gasteiger charge is 2.35. The van der Waals surface area contributed by atoms with Gasteiger partial charge in [-0.1, -0.05) is 29.8 Å². The fraction of sp³-hybridized carbons (Fsp3) is 0.588. The van der Waals surface area contributed by atoms with Crippen molar-refractivity contribution in [2.75, 3.05) is 6.54 Å². The molecule has 1 amide bonds. The molecule has 3 rings (SSSR count). The van der Waals surface area contributed by atoms with Crippen LogP contribution in [0.1, 0.15) is 49.8 Å². The Morgan fingerprint density at radius 2 is 1.90 bits per heavy atom. The van der Waals surface area contributed by atoms with Gasteiger partial charge in [0.1, 0.15) is 0 Å². The number of piperidine rings is 1. The van der Waals surface area contributed by atoms with Gasteiger partial charge < -0.3 is 10.2 Å². The summed E-state index contributed by atoms with van der Waals surface area (Å²) in [5, 5.41) is 3.50. The van der Waals surface area contributed by atoms with Crippen LogP contribution >= 0.6 is 0 Å². The molecule has 0 spiro atoms. The highest BCUT2D eigenvalue weighted by Crippen LogP contribution is 2.27. The van der Waals surface area contributed by atoms with Crippen LogP contribution in [0.2, 0.25) is 0 Å². The fourth-order valence-corrected chi connectivity index (χ4v) is 3.00. The third-order valence-corrected chi connectivity index (χ3v) is 4.51. The Morgan fingerprint density at radius 1 is 1.20 bits per heavy atom. The van der Waals surface area contributed by atoms with Crippen LogP contribution in [0, 0.1) is 6.92 Å². The van der Waals surface area contributed by atoms with Crippen molar-refractivity contribution in [3.8, 4) is 0 Å². The number of aryl methyl sites for hydroxylation is 1. The normalized spacial score (nSPS) is 24.8. The van der Waals surface area contributed by atoms with Crippen LogP contribution in [0.15, 0.2) is 24.3 Å². The van der Waals surface area contributed by atoms with Crippen LogP contribution < -0.4 is 5.32 Å². The first kappa shape index (κ1) is 13.6. The van der Waals surface area contributed by atoms with E-state index in [1.54, 1.807) is 0 Å². The average Bonchev–Trinajstić information content (AvgIpc) is 3.25. The smallest absolute Gasteiger partial charge is 0.240 e. The first-order valence-electron chi connectivity index (χ1n) is 7.78. The van der Waals surface area contributed by atoms with E-state index in [0.717, 1.165) is 19.4 Å². The van der Waals surface area contributed by atoms with Crippen molar-refractivity contribution in [2.24, 2.45) is 0 Å². The molecule has 1 aromatic carbocycles. The Balaban J connectivity index is 1.70. The predicted octanol–water partition coefficient (Wildman–Crippen LogP) is 2.80. The molecule has 2 fully saturated rings. The summed E-state index contributed by atoms with van der Waals surface area (Å²) >= 11 is 0. The number of likely N-dealkylation sites (tertiary alicyclic amines) is 1. The second-order valence-electron chi connectivity index (χ2n) is 6.25. The molecule has 1 aliphatic carbocycles. The lowest BCUT2D eigenvalue weighted by molar-refractivity contribution is -0.138. The van der Waals surface area contributed by atoms with Gasteiger partial charge in [0.25, 0.3) is 0 Å². The van der Waals surface area contributed by atoms with Crippen molar-refractivity contribution >= 4 is 5.91 Å². The molecule has 1 aliphatic heterocycles. The minimum absolute atomic E-state index is 0.0455. The highest BCUT2D eigenvalue weighted by atomic mass is 16.2. The molecule has 0 radical (unpaired) electrons. The number of benzene rings is 1. The molecule has 3 nitrogen and oxygen atoms in total. The summed E-state index contributed by atoms with van der Waals surface area (Å²) in [5.41, 5.74) is 2.50. The minimum Gasteiger partial charge on any atom is -0.335 e. The van der Waals surface area contributed by atoms with Crippen molar-refractivity contribution in [1.29, 1.82) is 0 Å². The fourth-order valence-electron chi connectivity index (χ4n) is 3.00. The van der Waals surface area contributed by atoms with Crippen LogP contribution in [-0.2, 0) is 4.79 Å². The van der Waals surface area contributed by atoms with E-state index in [4.69, 9.17) is 0 Å². The van der Waals surface area contributed by atoms with Crippen molar-refractivity contribution in [3.05, 3.63) is 35.4 Å². The summed E-state index contributed by atoms with van der Waals surface area (Å²) in [7, 11) is 0. The van der Waals surface area contributed by atoms with Crippen molar-refractivity contribution in [2.45, 2.75) is 57.7 Å². The maximum absolute atomic E-state index is 12.6. The van der Waals surface area contributed by atoms with Gasteiger partial charge in [0.2, 0.25) is 5.91 Å². The van der Waals surface area contributed by atoms with E-state index in [2.05, 4.69) is 43.4 Å². The molecule has 3 heteroatoms. The first-order valence-corrected chi connectivity index (χ1v) is 7.78. The van der Waals surface area contributed by atoms with E-state index in [9.17, 15) is 4.79 Å². The Labute approximate surface area is 121 Å². The first-order chi connectivity index (χ1) is 9.65. The number of nitrogens with one attached hydrogen (secondary N) is 1. The molecule has 2 atom stereocenters. The van der Waals surface area contributed by atoms with E-state index in [1.807, 2.05) is 4.90 Å². The van der Waals surface area contributed by atoms with Crippen LogP contribution in [0.3, 0.4) is 0 Å². The summed E-state index contributed by atoms with van der Waals surface area (Å²) < 4.78 is 0. The average molecular weight is 272 g/mol. The quantitative estimate of drug-likeness (QED) is 0.914. The van der Waals surface area contributed by atoms with E-state index in [-0.39, 0.29) is 18.0 Å². The Kier molecular flexibility index (Phi) is 3.79. The molecule has 1 N–H and O–H groups in total. The van der Waals surface area contributed by atoms with Crippen LogP contribution in [0.25, 0.3) is 0 Å². The molecule has 1 saturated heterocycles. The summed E-state index contributed by atoms with van der Waals surface area (Å²) in [6.07, 6.45) is 4.56. The largest absolute Gasteiger partial charge is 0.335 e. The molecular weight excluding hydrogens is 248 g/mol. The molecule has 0 bridgehead atoms. The molecule has 2 aliphatic rings. The van der Waals surface area contributed by atoms with Crippen molar-refractivity contribution in [3.63, 3.8) is 0 Å². The standard InChI is InChI=1S/C17H24N2O/c1-12-5-7-14(8-6-12)13(2)19-11-3-4-16(17(19)20)18-15-9-10-15/h5-8,13,15-16,18H,3-4,9-11H2,1-2H3. The van der Waals surface area contributed by atoms with Gasteiger partial charge in [0.05, 0.1) is 12.1 Å². The van der Waals surface area contributed by atoms with Gasteiger partial charge in [0.15, 0.2) is 0 Å². The van der Waals surface area contributed by atoms with E-state index in [1.165, 1.54) is 24.0 Å². The Morgan fingerprint density at radius 3 is 2.55 bits per heavy atom. The molecule has 0 aromatic heterocycles. The summed E-state index contributed by atoms with van der Waals surface area (Å²) in [4.78, 5) is 14.7. The number of carbonyl (C=O) groups excluding carboxylic acids is 1. The minimum atomic E-state index is 0.0455. The second-order valence-corrected chi connectivity index (χ2v) is 6.25. The molecule has 1 aromatic rings. The Hall–Kier alpha value is -1.35. The number of carbonyl (C=O) groups is 1. The maximum Gasteiger partial charge on any atom is 0.240 e. The second kappa shape index (κ2) is 5.57. The third-order valence-electron chi connectivity index (χ3n) is 4.51. The van der Waals surface area contributed by atoms with Crippen molar-refractivity contribution in [1.82, 2.24) is 10.2 Å². The van der Waals surface area contributed by atoms with Gasteiger partial charge in [0, 0.05) is 12.6 Å². The van der Waals surface area contributed by atoms with E-state index >= 15 is 0 Å². The van der Waals surface area contributed by atoms with E-state index < -0.39 is 0 Å². The third kappa shape index (κ3) is 2.88. The van der Waals surface area contributed by atoms with Crippen LogP contribution in [0.4, 0.5) is 0 Å². The van der Waals surface area contributed by atoms with Gasteiger partial charge in [-0.25, -0.2) is 0 Å². The van der Waals surface area contributed by atoms with Gasteiger partial charge in [-0.15, -0.1) is 0 Å². The number of nitrogens with zero attached hydrogens (tertiary/aromatic N) is 1. The monoisotopic (exact) mass is 272 g/mol. The predicted molar refractivity (Wildman–Crippen MR) is 80.5 cm³/mol. The topological polar surface area (TPSA) is 32.3 Å². The van der Waals surface area contributed by atoms with Gasteiger partial charge >= 0.3 is 0 Å². The molecular formula is C17H24N2O. The molecule has 108 valence electrons. The number of rotatable bonds is 4. The lowest BCUT2D eigenvalue weighted by atomic mass is 9.99. The SMILES string of the molecule is Cc1ccc(C(C)N2CCCC(NC3CC3)C2=O)cc1. The zero-order valence-electron chi connectivity index (χ0n) is 12.4.